The second-order valence-corrected chi connectivity index (χ2v) is 5.35. The van der Waals surface area contributed by atoms with E-state index in [-0.39, 0.29) is 6.04 Å². The fraction of sp³-hybridized carbons (Fsp3) is 0.733. The van der Waals surface area contributed by atoms with Gasteiger partial charge in [-0.05, 0) is 44.9 Å². The van der Waals surface area contributed by atoms with Gasteiger partial charge in [-0.25, -0.2) is 0 Å². The van der Waals surface area contributed by atoms with E-state index in [4.69, 9.17) is 10.2 Å². The molecule has 1 saturated heterocycles. The van der Waals surface area contributed by atoms with E-state index in [0.717, 1.165) is 18.1 Å². The highest BCUT2D eigenvalue weighted by atomic mass is 16.3. The zero-order valence-corrected chi connectivity index (χ0v) is 11.7. The van der Waals surface area contributed by atoms with Crippen LogP contribution in [0.15, 0.2) is 16.5 Å². The minimum absolute atomic E-state index is 0.252. The average molecular weight is 250 g/mol. The van der Waals surface area contributed by atoms with Gasteiger partial charge in [-0.2, -0.15) is 0 Å². The Hall–Kier alpha value is -0.800. The third kappa shape index (κ3) is 2.96. The van der Waals surface area contributed by atoms with Crippen molar-refractivity contribution >= 4 is 0 Å². The summed E-state index contributed by atoms with van der Waals surface area (Å²) in [5, 5.41) is 0. The average Bonchev–Trinajstić information content (AvgIpc) is 2.66. The molecule has 2 unspecified atom stereocenters. The number of likely N-dealkylation sites (tertiary alicyclic amines) is 1. The molecule has 0 bridgehead atoms. The first-order valence-corrected chi connectivity index (χ1v) is 7.28. The van der Waals surface area contributed by atoms with Crippen LogP contribution in [0, 0.1) is 6.92 Å². The van der Waals surface area contributed by atoms with Crippen molar-refractivity contribution in [3.63, 3.8) is 0 Å². The summed E-state index contributed by atoms with van der Waals surface area (Å²) < 4.78 is 5.80. The third-order valence-corrected chi connectivity index (χ3v) is 4.11. The predicted molar refractivity (Wildman–Crippen MR) is 74.5 cm³/mol. The molecule has 0 spiro atoms. The molecule has 0 aliphatic carbocycles. The van der Waals surface area contributed by atoms with Gasteiger partial charge in [0.15, 0.2) is 0 Å². The van der Waals surface area contributed by atoms with Gasteiger partial charge in [0.25, 0.3) is 0 Å². The molecule has 102 valence electrons. The molecule has 3 heteroatoms. The molecule has 1 aliphatic rings. The van der Waals surface area contributed by atoms with Crippen LogP contribution in [-0.4, -0.2) is 24.0 Å². The van der Waals surface area contributed by atoms with E-state index in [1.165, 1.54) is 32.1 Å². The van der Waals surface area contributed by atoms with Gasteiger partial charge in [0.1, 0.15) is 11.5 Å². The second kappa shape index (κ2) is 6.39. The Balaban J connectivity index is 2.18. The molecule has 1 fully saturated rings. The summed E-state index contributed by atoms with van der Waals surface area (Å²) in [7, 11) is 0. The smallest absolute Gasteiger partial charge is 0.122 e. The molecule has 1 aliphatic heterocycles. The van der Waals surface area contributed by atoms with E-state index in [2.05, 4.69) is 17.9 Å². The molecule has 2 heterocycles. The van der Waals surface area contributed by atoms with Crippen LogP contribution in [0.1, 0.15) is 56.6 Å². The van der Waals surface area contributed by atoms with Gasteiger partial charge >= 0.3 is 0 Å². The summed E-state index contributed by atoms with van der Waals surface area (Å²) in [5.41, 5.74) is 6.01. The summed E-state index contributed by atoms with van der Waals surface area (Å²) >= 11 is 0. The van der Waals surface area contributed by atoms with Crippen molar-refractivity contribution in [2.45, 2.75) is 58.0 Å². The molecule has 0 aromatic carbocycles. The van der Waals surface area contributed by atoms with Crippen LogP contribution in [-0.2, 0) is 0 Å². The molecule has 2 atom stereocenters. The van der Waals surface area contributed by atoms with Crippen molar-refractivity contribution in [3.8, 4) is 0 Å². The SMILES string of the molecule is CCC1CCCCCN1C(CN)c1ccc(C)o1. The summed E-state index contributed by atoms with van der Waals surface area (Å²) in [6.45, 7) is 6.07. The minimum Gasteiger partial charge on any atom is -0.465 e. The Morgan fingerprint density at radius 2 is 2.22 bits per heavy atom. The van der Waals surface area contributed by atoms with Gasteiger partial charge in [0.05, 0.1) is 6.04 Å². The number of rotatable bonds is 4. The van der Waals surface area contributed by atoms with Crippen LogP contribution in [0.25, 0.3) is 0 Å². The number of furan rings is 1. The van der Waals surface area contributed by atoms with E-state index in [0.29, 0.717) is 12.6 Å². The van der Waals surface area contributed by atoms with E-state index >= 15 is 0 Å². The summed E-state index contributed by atoms with van der Waals surface area (Å²) in [5.74, 6) is 2.02. The summed E-state index contributed by atoms with van der Waals surface area (Å²) in [6.07, 6.45) is 6.49. The molecule has 2 rings (SSSR count). The van der Waals surface area contributed by atoms with Crippen molar-refractivity contribution in [1.82, 2.24) is 4.90 Å². The van der Waals surface area contributed by atoms with Gasteiger partial charge < -0.3 is 10.2 Å². The maximum atomic E-state index is 6.01. The van der Waals surface area contributed by atoms with Crippen molar-refractivity contribution in [3.05, 3.63) is 23.7 Å². The second-order valence-electron chi connectivity index (χ2n) is 5.35. The van der Waals surface area contributed by atoms with Gasteiger partial charge in [0, 0.05) is 12.6 Å². The van der Waals surface area contributed by atoms with Crippen LogP contribution in [0.4, 0.5) is 0 Å². The highest BCUT2D eigenvalue weighted by Crippen LogP contribution is 2.29. The Bertz CT molecular complexity index is 361. The Morgan fingerprint density at radius 3 is 2.83 bits per heavy atom. The van der Waals surface area contributed by atoms with Crippen molar-refractivity contribution in [2.24, 2.45) is 5.73 Å². The molecule has 3 nitrogen and oxygen atoms in total. The van der Waals surface area contributed by atoms with E-state index in [9.17, 15) is 0 Å². The fourth-order valence-electron chi connectivity index (χ4n) is 3.10. The van der Waals surface area contributed by atoms with Gasteiger partial charge in [-0.3, -0.25) is 4.90 Å². The van der Waals surface area contributed by atoms with Crippen LogP contribution in [0.3, 0.4) is 0 Å². The predicted octanol–water partition coefficient (Wildman–Crippen LogP) is 3.24. The molecule has 1 aromatic heterocycles. The Morgan fingerprint density at radius 1 is 1.39 bits per heavy atom. The minimum atomic E-state index is 0.252. The molecule has 2 N–H and O–H groups in total. The lowest BCUT2D eigenvalue weighted by molar-refractivity contribution is 0.120. The number of nitrogens with two attached hydrogens (primary N) is 1. The van der Waals surface area contributed by atoms with Gasteiger partial charge in [-0.15, -0.1) is 0 Å². The number of hydrogen-bond acceptors (Lipinski definition) is 3. The van der Waals surface area contributed by atoms with Crippen molar-refractivity contribution in [1.29, 1.82) is 0 Å². The molecule has 0 amide bonds. The largest absolute Gasteiger partial charge is 0.465 e. The Labute approximate surface area is 110 Å². The van der Waals surface area contributed by atoms with Crippen LogP contribution in [0.2, 0.25) is 0 Å². The Kier molecular flexibility index (Phi) is 4.84. The third-order valence-electron chi connectivity index (χ3n) is 4.11. The molecular formula is C15H26N2O. The molecule has 0 saturated carbocycles. The standard InChI is InChI=1S/C15H26N2O/c1-3-13-7-5-4-6-10-17(13)14(11-16)15-9-8-12(2)18-15/h8-9,13-14H,3-7,10-11,16H2,1-2H3. The number of aryl methyl sites for hydroxylation is 1. The topological polar surface area (TPSA) is 42.4 Å². The zero-order chi connectivity index (χ0) is 13.0. The molecule has 0 radical (unpaired) electrons. The monoisotopic (exact) mass is 250 g/mol. The van der Waals surface area contributed by atoms with Crippen LogP contribution >= 0.6 is 0 Å². The zero-order valence-electron chi connectivity index (χ0n) is 11.7. The van der Waals surface area contributed by atoms with E-state index < -0.39 is 0 Å². The summed E-state index contributed by atoms with van der Waals surface area (Å²) in [6, 6.07) is 5.04. The normalized spacial score (nSPS) is 23.8. The number of nitrogens with zero attached hydrogens (tertiary/aromatic N) is 1. The van der Waals surface area contributed by atoms with Gasteiger partial charge in [0.2, 0.25) is 0 Å². The van der Waals surface area contributed by atoms with Crippen LogP contribution < -0.4 is 5.73 Å². The lowest BCUT2D eigenvalue weighted by Gasteiger charge is -2.35. The molecular weight excluding hydrogens is 224 g/mol. The maximum absolute atomic E-state index is 6.01. The van der Waals surface area contributed by atoms with Gasteiger partial charge in [-0.1, -0.05) is 19.8 Å². The quantitative estimate of drug-likeness (QED) is 0.892. The first-order chi connectivity index (χ1) is 8.76. The highest BCUT2D eigenvalue weighted by Gasteiger charge is 2.28. The van der Waals surface area contributed by atoms with E-state index in [1.807, 2.05) is 13.0 Å². The first kappa shape index (κ1) is 13.6. The summed E-state index contributed by atoms with van der Waals surface area (Å²) in [4.78, 5) is 2.57. The lowest BCUT2D eigenvalue weighted by atomic mass is 10.0. The fourth-order valence-corrected chi connectivity index (χ4v) is 3.10. The van der Waals surface area contributed by atoms with Crippen molar-refractivity contribution < 1.29 is 4.42 Å². The molecule has 18 heavy (non-hydrogen) atoms. The highest BCUT2D eigenvalue weighted by molar-refractivity contribution is 5.11. The first-order valence-electron chi connectivity index (χ1n) is 7.28. The molecule has 1 aromatic rings. The number of hydrogen-bond donors (Lipinski definition) is 1. The van der Waals surface area contributed by atoms with Crippen LogP contribution in [0.5, 0.6) is 0 Å². The lowest BCUT2D eigenvalue weighted by Crippen LogP contribution is -2.40. The van der Waals surface area contributed by atoms with E-state index in [1.54, 1.807) is 0 Å². The van der Waals surface area contributed by atoms with Crippen molar-refractivity contribution in [2.75, 3.05) is 13.1 Å². The maximum Gasteiger partial charge on any atom is 0.122 e.